The quantitative estimate of drug-likeness (QED) is 0.504. The third kappa shape index (κ3) is 2.56. The lowest BCUT2D eigenvalue weighted by Gasteiger charge is -2.14. The second kappa shape index (κ2) is 5.53. The van der Waals surface area contributed by atoms with E-state index < -0.39 is 29.7 Å². The molecule has 2 rings (SSSR count). The third-order valence-electron chi connectivity index (χ3n) is 2.69. The topological polar surface area (TPSA) is 131 Å². The number of anilines is 1. The van der Waals surface area contributed by atoms with E-state index in [1.54, 1.807) is 0 Å². The molecule has 3 unspecified atom stereocenters. The van der Waals surface area contributed by atoms with Crippen LogP contribution < -0.4 is 17.0 Å². The van der Waals surface area contributed by atoms with Crippen LogP contribution in [0.25, 0.3) is 0 Å². The second-order valence-corrected chi connectivity index (χ2v) is 3.87. The van der Waals surface area contributed by atoms with Crippen molar-refractivity contribution in [2.45, 2.75) is 24.9 Å². The maximum Gasteiger partial charge on any atom is 0.330 e. The van der Waals surface area contributed by atoms with Crippen molar-refractivity contribution in [2.75, 3.05) is 12.3 Å². The maximum atomic E-state index is 11.5. The van der Waals surface area contributed by atoms with Crippen molar-refractivity contribution in [2.24, 2.45) is 0 Å². The zero-order valence-electron chi connectivity index (χ0n) is 9.28. The van der Waals surface area contributed by atoms with Crippen LogP contribution in [0.3, 0.4) is 0 Å². The summed E-state index contributed by atoms with van der Waals surface area (Å²) < 4.78 is 6.36. The lowest BCUT2D eigenvalue weighted by atomic mass is 10.2. The standard InChI is InChI=1S/C9H13N3O5.ClH/c10-4-2-12(9(16)11-8(4)15)7-1-5(14)6(3-13)17-7;/h2,5-7,13-14H,1,3,10H2,(H,11,15,16);1H. The first kappa shape index (κ1) is 14.7. The van der Waals surface area contributed by atoms with Crippen molar-refractivity contribution < 1.29 is 14.9 Å². The highest BCUT2D eigenvalue weighted by Gasteiger charge is 2.34. The number of hydrogen-bond acceptors (Lipinski definition) is 6. The van der Waals surface area contributed by atoms with E-state index in [9.17, 15) is 14.7 Å². The summed E-state index contributed by atoms with van der Waals surface area (Å²) in [5.41, 5.74) is 3.94. The highest BCUT2D eigenvalue weighted by atomic mass is 35.5. The van der Waals surface area contributed by atoms with Gasteiger partial charge in [0, 0.05) is 12.6 Å². The Morgan fingerprint density at radius 1 is 1.56 bits per heavy atom. The molecule has 1 aromatic heterocycles. The third-order valence-corrected chi connectivity index (χ3v) is 2.69. The minimum atomic E-state index is -0.856. The van der Waals surface area contributed by atoms with Crippen LogP contribution in [0.15, 0.2) is 15.8 Å². The van der Waals surface area contributed by atoms with Crippen molar-refractivity contribution in [1.29, 1.82) is 0 Å². The van der Waals surface area contributed by atoms with Gasteiger partial charge in [0.25, 0.3) is 5.56 Å². The van der Waals surface area contributed by atoms with Crippen molar-refractivity contribution in [1.82, 2.24) is 9.55 Å². The monoisotopic (exact) mass is 279 g/mol. The number of hydrogen-bond donors (Lipinski definition) is 4. The van der Waals surface area contributed by atoms with Gasteiger partial charge in [-0.3, -0.25) is 14.3 Å². The Bertz CT molecular complexity index is 528. The average Bonchev–Trinajstić information content (AvgIpc) is 2.65. The molecule has 5 N–H and O–H groups in total. The molecule has 1 fully saturated rings. The molecule has 18 heavy (non-hydrogen) atoms. The minimum absolute atomic E-state index is 0. The number of nitrogen functional groups attached to an aromatic ring is 1. The number of nitrogens with one attached hydrogen (secondary N) is 1. The summed E-state index contributed by atoms with van der Waals surface area (Å²) in [6.45, 7) is -0.342. The largest absolute Gasteiger partial charge is 0.394 e. The predicted octanol–water partition coefficient (Wildman–Crippen LogP) is -1.82. The Labute approximate surface area is 107 Å². The van der Waals surface area contributed by atoms with Gasteiger partial charge in [-0.05, 0) is 0 Å². The molecule has 1 aromatic rings. The molecule has 0 spiro atoms. The predicted molar refractivity (Wildman–Crippen MR) is 64.6 cm³/mol. The van der Waals surface area contributed by atoms with Gasteiger partial charge in [0.1, 0.15) is 18.0 Å². The summed E-state index contributed by atoms with van der Waals surface area (Å²) >= 11 is 0. The van der Waals surface area contributed by atoms with Gasteiger partial charge in [-0.2, -0.15) is 0 Å². The lowest BCUT2D eigenvalue weighted by molar-refractivity contribution is -0.0458. The average molecular weight is 280 g/mol. The number of nitrogens with zero attached hydrogens (tertiary/aromatic N) is 1. The van der Waals surface area contributed by atoms with E-state index >= 15 is 0 Å². The van der Waals surface area contributed by atoms with E-state index in [0.717, 1.165) is 10.8 Å². The number of rotatable bonds is 2. The molecule has 0 aromatic carbocycles. The van der Waals surface area contributed by atoms with Crippen LogP contribution in [0.5, 0.6) is 0 Å². The molecule has 2 heterocycles. The Balaban J connectivity index is 0.00000162. The number of halogens is 1. The van der Waals surface area contributed by atoms with Crippen LogP contribution in [-0.2, 0) is 4.74 Å². The zero-order chi connectivity index (χ0) is 12.6. The van der Waals surface area contributed by atoms with Crippen molar-refractivity contribution >= 4 is 18.1 Å². The van der Waals surface area contributed by atoms with Crippen molar-refractivity contribution in [3.8, 4) is 0 Å². The first-order valence-electron chi connectivity index (χ1n) is 5.08. The number of aromatic nitrogens is 2. The summed E-state index contributed by atoms with van der Waals surface area (Å²) in [6.07, 6.45) is -1.02. The number of aliphatic hydroxyl groups is 2. The molecular formula is C9H14ClN3O5. The van der Waals surface area contributed by atoms with Crippen LogP contribution in [0.1, 0.15) is 12.6 Å². The minimum Gasteiger partial charge on any atom is -0.394 e. The Kier molecular flexibility index (Phi) is 4.52. The molecule has 1 aliphatic heterocycles. The van der Waals surface area contributed by atoms with E-state index in [0.29, 0.717) is 0 Å². The first-order valence-corrected chi connectivity index (χ1v) is 5.08. The summed E-state index contributed by atoms with van der Waals surface area (Å²) in [7, 11) is 0. The summed E-state index contributed by atoms with van der Waals surface area (Å²) in [4.78, 5) is 24.6. The highest BCUT2D eigenvalue weighted by molar-refractivity contribution is 5.85. The number of nitrogens with two attached hydrogens (primary N) is 1. The van der Waals surface area contributed by atoms with Gasteiger partial charge in [0.05, 0.1) is 12.7 Å². The van der Waals surface area contributed by atoms with Gasteiger partial charge >= 0.3 is 5.69 Å². The van der Waals surface area contributed by atoms with Gasteiger partial charge in [0.15, 0.2) is 0 Å². The fourth-order valence-electron chi connectivity index (χ4n) is 1.77. The molecule has 102 valence electrons. The number of aliphatic hydroxyl groups excluding tert-OH is 2. The molecule has 0 radical (unpaired) electrons. The van der Waals surface area contributed by atoms with E-state index in [1.807, 2.05) is 4.98 Å². The van der Waals surface area contributed by atoms with Gasteiger partial charge in [-0.25, -0.2) is 4.79 Å². The summed E-state index contributed by atoms with van der Waals surface area (Å²) in [5, 5.41) is 18.4. The SMILES string of the molecule is Cl.Nc1cn(C2CC(O)C(CO)O2)c(=O)[nH]c1=O. The molecule has 0 bridgehead atoms. The van der Waals surface area contributed by atoms with E-state index in [2.05, 4.69) is 0 Å². The molecule has 1 aliphatic rings. The summed E-state index contributed by atoms with van der Waals surface area (Å²) in [5.74, 6) is 0. The lowest BCUT2D eigenvalue weighted by Crippen LogP contribution is -2.33. The number of aromatic amines is 1. The smallest absolute Gasteiger partial charge is 0.330 e. The number of ether oxygens (including phenoxy) is 1. The van der Waals surface area contributed by atoms with Gasteiger partial charge in [-0.1, -0.05) is 0 Å². The van der Waals surface area contributed by atoms with E-state index in [1.165, 1.54) is 0 Å². The Morgan fingerprint density at radius 2 is 2.22 bits per heavy atom. The molecule has 0 saturated carbocycles. The number of H-pyrrole nitrogens is 1. The normalized spacial score (nSPS) is 26.9. The first-order chi connectivity index (χ1) is 8.02. The zero-order valence-corrected chi connectivity index (χ0v) is 10.1. The van der Waals surface area contributed by atoms with E-state index in [-0.39, 0.29) is 31.1 Å². The second-order valence-electron chi connectivity index (χ2n) is 3.87. The molecule has 9 heteroatoms. The molecule has 3 atom stereocenters. The molecule has 0 aliphatic carbocycles. The highest BCUT2D eigenvalue weighted by Crippen LogP contribution is 2.27. The van der Waals surface area contributed by atoms with Crippen LogP contribution in [0.2, 0.25) is 0 Å². The fraction of sp³-hybridized carbons (Fsp3) is 0.556. The Morgan fingerprint density at radius 3 is 2.78 bits per heavy atom. The fourth-order valence-corrected chi connectivity index (χ4v) is 1.77. The molecule has 8 nitrogen and oxygen atoms in total. The molecular weight excluding hydrogens is 266 g/mol. The van der Waals surface area contributed by atoms with Crippen LogP contribution in [-0.4, -0.2) is 38.6 Å². The molecule has 1 saturated heterocycles. The summed E-state index contributed by atoms with van der Waals surface area (Å²) in [6, 6.07) is 0. The van der Waals surface area contributed by atoms with E-state index in [4.69, 9.17) is 15.6 Å². The van der Waals surface area contributed by atoms with Crippen molar-refractivity contribution in [3.05, 3.63) is 27.0 Å². The molecule has 0 amide bonds. The van der Waals surface area contributed by atoms with Gasteiger partial charge in [-0.15, -0.1) is 12.4 Å². The van der Waals surface area contributed by atoms with Crippen LogP contribution in [0.4, 0.5) is 5.69 Å². The van der Waals surface area contributed by atoms with Gasteiger partial charge in [0.2, 0.25) is 0 Å². The van der Waals surface area contributed by atoms with Crippen LogP contribution >= 0.6 is 12.4 Å². The van der Waals surface area contributed by atoms with Gasteiger partial charge < -0.3 is 20.7 Å². The van der Waals surface area contributed by atoms with Crippen molar-refractivity contribution in [3.63, 3.8) is 0 Å². The maximum absolute atomic E-state index is 11.5. The van der Waals surface area contributed by atoms with Crippen LogP contribution in [0, 0.1) is 0 Å². The Hall–Kier alpha value is -1.35.